The molecule has 3 rings (SSSR count). The maximum absolute atomic E-state index is 8.12. The van der Waals surface area contributed by atoms with Gasteiger partial charge in [-0.3, -0.25) is 21.0 Å². The van der Waals surface area contributed by atoms with E-state index in [1.807, 2.05) is 0 Å². The van der Waals surface area contributed by atoms with E-state index in [-0.39, 0.29) is 11.9 Å². The summed E-state index contributed by atoms with van der Waals surface area (Å²) in [5, 5.41) is 18.8. The zero-order chi connectivity index (χ0) is 19.6. The standard InChI is InChI=1S/C14H13Cl2N5.C6H12/c15-9-5-1-3-7-11(9)21(14(19)20-13(17)18)12-8-4-2-6-10(12)16;1-2-4-6-5-3-1/h1-8H,(H5,17,18,19,20);1-6H2. The Hall–Kier alpha value is -2.24. The van der Waals surface area contributed by atoms with Crippen molar-refractivity contribution in [2.75, 3.05) is 4.90 Å². The fourth-order valence-corrected chi connectivity index (χ4v) is 3.32. The number of nitrogens with zero attached hydrogens (tertiary/aromatic N) is 1. The topological polar surface area (TPSA) is 89.0 Å². The summed E-state index contributed by atoms with van der Waals surface area (Å²) in [6.45, 7) is 0. The van der Waals surface area contributed by atoms with Gasteiger partial charge in [-0.2, -0.15) is 0 Å². The number of nitrogens with one attached hydrogen (secondary N) is 3. The van der Waals surface area contributed by atoms with Crippen molar-refractivity contribution in [1.29, 1.82) is 10.8 Å². The minimum Gasteiger partial charge on any atom is -0.370 e. The normalized spacial score (nSPS) is 13.1. The van der Waals surface area contributed by atoms with E-state index in [1.54, 1.807) is 48.5 Å². The third-order valence-electron chi connectivity index (χ3n) is 4.16. The van der Waals surface area contributed by atoms with Gasteiger partial charge in [0.1, 0.15) is 0 Å². The molecule has 144 valence electrons. The summed E-state index contributed by atoms with van der Waals surface area (Å²) < 4.78 is 0. The fraction of sp³-hybridized carbons (Fsp3) is 0.300. The summed E-state index contributed by atoms with van der Waals surface area (Å²) in [7, 11) is 0. The average molecular weight is 406 g/mol. The molecular weight excluding hydrogens is 381 g/mol. The van der Waals surface area contributed by atoms with Crippen LogP contribution in [-0.4, -0.2) is 11.9 Å². The van der Waals surface area contributed by atoms with Gasteiger partial charge < -0.3 is 5.73 Å². The Morgan fingerprint density at radius 2 is 1.15 bits per heavy atom. The van der Waals surface area contributed by atoms with Crippen molar-refractivity contribution < 1.29 is 0 Å². The van der Waals surface area contributed by atoms with Crippen molar-refractivity contribution in [3.05, 3.63) is 58.6 Å². The van der Waals surface area contributed by atoms with Crippen LogP contribution in [0.5, 0.6) is 0 Å². The number of para-hydroxylation sites is 2. The summed E-state index contributed by atoms with van der Waals surface area (Å²) in [4.78, 5) is 1.49. The lowest BCUT2D eigenvalue weighted by atomic mass is 10.0. The zero-order valence-corrected chi connectivity index (χ0v) is 16.7. The number of hydrogen-bond donors (Lipinski definition) is 4. The van der Waals surface area contributed by atoms with E-state index in [0.717, 1.165) is 0 Å². The van der Waals surface area contributed by atoms with Crippen LogP contribution in [0.15, 0.2) is 48.5 Å². The van der Waals surface area contributed by atoms with E-state index in [9.17, 15) is 0 Å². The minimum atomic E-state index is -0.343. The lowest BCUT2D eigenvalue weighted by molar-refractivity contribution is 0.504. The van der Waals surface area contributed by atoms with Crippen LogP contribution < -0.4 is 16.0 Å². The molecule has 7 heteroatoms. The van der Waals surface area contributed by atoms with Crippen LogP contribution in [0.3, 0.4) is 0 Å². The van der Waals surface area contributed by atoms with E-state index in [1.165, 1.54) is 43.4 Å². The second kappa shape index (κ2) is 10.8. The predicted molar refractivity (Wildman–Crippen MR) is 116 cm³/mol. The van der Waals surface area contributed by atoms with Gasteiger partial charge in [-0.15, -0.1) is 0 Å². The molecule has 1 fully saturated rings. The van der Waals surface area contributed by atoms with Crippen LogP contribution in [-0.2, 0) is 0 Å². The van der Waals surface area contributed by atoms with Crippen molar-refractivity contribution in [2.24, 2.45) is 5.73 Å². The van der Waals surface area contributed by atoms with Crippen molar-refractivity contribution >= 4 is 46.5 Å². The quantitative estimate of drug-likeness (QED) is 0.370. The highest BCUT2D eigenvalue weighted by Crippen LogP contribution is 2.35. The van der Waals surface area contributed by atoms with Gasteiger partial charge >= 0.3 is 0 Å². The Kier molecular flexibility index (Phi) is 8.43. The maximum atomic E-state index is 8.12. The molecule has 0 radical (unpaired) electrons. The highest BCUT2D eigenvalue weighted by molar-refractivity contribution is 6.36. The molecule has 2 aromatic rings. The fourth-order valence-electron chi connectivity index (χ4n) is 2.88. The van der Waals surface area contributed by atoms with E-state index in [2.05, 4.69) is 5.32 Å². The number of rotatable bonds is 2. The van der Waals surface area contributed by atoms with Gasteiger partial charge in [0.25, 0.3) is 0 Å². The van der Waals surface area contributed by atoms with Crippen LogP contribution in [0, 0.1) is 10.8 Å². The van der Waals surface area contributed by atoms with Gasteiger partial charge in [0, 0.05) is 0 Å². The zero-order valence-electron chi connectivity index (χ0n) is 15.1. The highest BCUT2D eigenvalue weighted by atomic mass is 35.5. The number of benzene rings is 2. The molecule has 1 aliphatic carbocycles. The molecule has 1 saturated carbocycles. The van der Waals surface area contributed by atoms with E-state index >= 15 is 0 Å². The third kappa shape index (κ3) is 6.45. The number of halogens is 2. The molecule has 5 N–H and O–H groups in total. The van der Waals surface area contributed by atoms with Crippen molar-refractivity contribution in [2.45, 2.75) is 38.5 Å². The summed E-state index contributed by atoms with van der Waals surface area (Å²) in [6, 6.07) is 14.1. The van der Waals surface area contributed by atoms with Gasteiger partial charge in [-0.25, -0.2) is 0 Å². The molecule has 0 amide bonds. The number of hydrogen-bond acceptors (Lipinski definition) is 2. The highest BCUT2D eigenvalue weighted by Gasteiger charge is 2.20. The first-order valence-corrected chi connectivity index (χ1v) is 9.75. The lowest BCUT2D eigenvalue weighted by Crippen LogP contribution is -2.44. The van der Waals surface area contributed by atoms with Crippen LogP contribution in [0.1, 0.15) is 38.5 Å². The first kappa shape index (κ1) is 21.1. The molecule has 1 aliphatic rings. The number of anilines is 2. The first-order valence-electron chi connectivity index (χ1n) is 8.99. The second-order valence-electron chi connectivity index (χ2n) is 6.25. The Morgan fingerprint density at radius 3 is 1.48 bits per heavy atom. The third-order valence-corrected chi connectivity index (χ3v) is 4.80. The monoisotopic (exact) mass is 405 g/mol. The molecule has 0 bridgehead atoms. The summed E-state index contributed by atoms with van der Waals surface area (Å²) >= 11 is 12.4. The average Bonchev–Trinajstić information content (AvgIpc) is 2.66. The molecule has 0 unspecified atom stereocenters. The Bertz CT molecular complexity index is 717. The minimum absolute atomic E-state index is 0.122. The molecule has 0 aromatic heterocycles. The molecule has 0 aliphatic heterocycles. The maximum Gasteiger partial charge on any atom is 0.207 e. The van der Waals surface area contributed by atoms with Gasteiger partial charge in [0.05, 0.1) is 21.4 Å². The Labute approximate surface area is 170 Å². The van der Waals surface area contributed by atoms with Crippen LogP contribution >= 0.6 is 23.2 Å². The largest absolute Gasteiger partial charge is 0.370 e. The summed E-state index contributed by atoms with van der Waals surface area (Å²) in [5.41, 5.74) is 6.42. The molecule has 0 atom stereocenters. The van der Waals surface area contributed by atoms with Gasteiger partial charge in [0.15, 0.2) is 5.96 Å². The molecule has 0 saturated heterocycles. The van der Waals surface area contributed by atoms with E-state index in [4.69, 9.17) is 39.8 Å². The Morgan fingerprint density at radius 1 is 0.778 bits per heavy atom. The molecule has 5 nitrogen and oxygen atoms in total. The van der Waals surface area contributed by atoms with E-state index < -0.39 is 0 Å². The summed E-state index contributed by atoms with van der Waals surface area (Å²) in [5.74, 6) is -0.465. The number of nitrogens with two attached hydrogens (primary N) is 1. The molecule has 0 spiro atoms. The van der Waals surface area contributed by atoms with Gasteiger partial charge in [-0.05, 0) is 24.3 Å². The molecule has 2 aromatic carbocycles. The molecule has 27 heavy (non-hydrogen) atoms. The van der Waals surface area contributed by atoms with E-state index in [0.29, 0.717) is 21.4 Å². The van der Waals surface area contributed by atoms with Crippen LogP contribution in [0.25, 0.3) is 0 Å². The smallest absolute Gasteiger partial charge is 0.207 e. The van der Waals surface area contributed by atoms with Crippen molar-refractivity contribution in [3.63, 3.8) is 0 Å². The van der Waals surface area contributed by atoms with Gasteiger partial charge in [0.2, 0.25) is 5.96 Å². The van der Waals surface area contributed by atoms with Crippen LogP contribution in [0.4, 0.5) is 11.4 Å². The predicted octanol–water partition coefficient (Wildman–Crippen LogP) is 5.89. The van der Waals surface area contributed by atoms with Gasteiger partial charge in [-0.1, -0.05) is 86.0 Å². The second-order valence-corrected chi connectivity index (χ2v) is 7.06. The lowest BCUT2D eigenvalue weighted by Gasteiger charge is -2.27. The number of guanidine groups is 2. The van der Waals surface area contributed by atoms with Crippen molar-refractivity contribution in [3.8, 4) is 0 Å². The first-order chi connectivity index (χ1) is 13.0. The molecule has 0 heterocycles. The van der Waals surface area contributed by atoms with Crippen molar-refractivity contribution in [1.82, 2.24) is 5.32 Å². The van der Waals surface area contributed by atoms with Crippen LogP contribution in [0.2, 0.25) is 10.0 Å². The molecular formula is C20H25Cl2N5. The summed E-state index contributed by atoms with van der Waals surface area (Å²) in [6.07, 6.45) is 9.00. The SMILES string of the molecule is C1CCCCC1.N=C(N)NC(=N)N(c1ccccc1Cl)c1ccccc1Cl. The Balaban J connectivity index is 0.000000369.